The Morgan fingerprint density at radius 3 is 2.67 bits per heavy atom. The van der Waals surface area contributed by atoms with Crippen LogP contribution in [-0.4, -0.2) is 21.0 Å². The van der Waals surface area contributed by atoms with Gasteiger partial charge in [-0.2, -0.15) is 0 Å². The van der Waals surface area contributed by atoms with Gasteiger partial charge >= 0.3 is 5.97 Å². The Morgan fingerprint density at radius 1 is 1.58 bits per heavy atom. The fourth-order valence-corrected chi connectivity index (χ4v) is 1.69. The molecule has 1 rings (SSSR count). The molecule has 0 N–H and O–H groups in total. The predicted molar refractivity (Wildman–Crippen MR) is 42.8 cm³/mol. The van der Waals surface area contributed by atoms with E-state index in [9.17, 15) is 13.2 Å². The van der Waals surface area contributed by atoms with E-state index in [0.717, 1.165) is 5.41 Å². The second-order valence-corrected chi connectivity index (χ2v) is 4.17. The lowest BCUT2D eigenvalue weighted by molar-refractivity contribution is -0.139. The van der Waals surface area contributed by atoms with Gasteiger partial charge in [-0.1, -0.05) is 0 Å². The van der Waals surface area contributed by atoms with Gasteiger partial charge in [-0.15, -0.1) is 0 Å². The summed E-state index contributed by atoms with van der Waals surface area (Å²) in [5, 5.41) is 1.08. The molecule has 1 aliphatic rings. The van der Waals surface area contributed by atoms with Gasteiger partial charge in [0.2, 0.25) is 0 Å². The van der Waals surface area contributed by atoms with Gasteiger partial charge in [0.05, 0.1) is 4.91 Å². The SMILES string of the molecule is CC(=O)OCC1=CC=CS1(=O)=O. The molecule has 1 heterocycles. The van der Waals surface area contributed by atoms with Gasteiger partial charge in [0.15, 0.2) is 9.84 Å². The molecule has 0 saturated heterocycles. The third-order valence-corrected chi connectivity index (χ3v) is 2.82. The highest BCUT2D eigenvalue weighted by atomic mass is 32.2. The third-order valence-electron chi connectivity index (χ3n) is 1.32. The van der Waals surface area contributed by atoms with E-state index in [0.29, 0.717) is 0 Å². The van der Waals surface area contributed by atoms with Crippen molar-refractivity contribution in [1.29, 1.82) is 0 Å². The Hall–Kier alpha value is -1.10. The van der Waals surface area contributed by atoms with E-state index in [1.807, 2.05) is 0 Å². The van der Waals surface area contributed by atoms with Crippen molar-refractivity contribution in [3.05, 3.63) is 22.5 Å². The van der Waals surface area contributed by atoms with Gasteiger partial charge in [0.25, 0.3) is 0 Å². The largest absolute Gasteiger partial charge is 0.460 e. The van der Waals surface area contributed by atoms with Crippen molar-refractivity contribution >= 4 is 15.8 Å². The molecule has 4 nitrogen and oxygen atoms in total. The summed E-state index contributed by atoms with van der Waals surface area (Å²) in [6.07, 6.45) is 2.83. The van der Waals surface area contributed by atoms with Crippen LogP contribution in [0.1, 0.15) is 6.92 Å². The molecule has 5 heteroatoms. The van der Waals surface area contributed by atoms with Gasteiger partial charge in [0, 0.05) is 12.3 Å². The number of carbonyl (C=O) groups is 1. The molecular formula is C7H8O4S. The topological polar surface area (TPSA) is 60.4 Å². The van der Waals surface area contributed by atoms with Crippen LogP contribution in [0, 0.1) is 0 Å². The third kappa shape index (κ3) is 1.94. The normalized spacial score (nSPS) is 18.9. The van der Waals surface area contributed by atoms with E-state index in [1.165, 1.54) is 19.1 Å². The van der Waals surface area contributed by atoms with Crippen molar-refractivity contribution < 1.29 is 17.9 Å². The summed E-state index contributed by atoms with van der Waals surface area (Å²) >= 11 is 0. The molecule has 0 fully saturated rings. The maximum Gasteiger partial charge on any atom is 0.302 e. The molecule has 0 radical (unpaired) electrons. The van der Waals surface area contributed by atoms with Gasteiger partial charge in [-0.3, -0.25) is 4.79 Å². The average molecular weight is 188 g/mol. The predicted octanol–water partition coefficient (Wildman–Crippen LogP) is 0.376. The highest BCUT2D eigenvalue weighted by Gasteiger charge is 2.18. The fraction of sp³-hybridized carbons (Fsp3) is 0.286. The minimum absolute atomic E-state index is 0.123. The molecule has 0 atom stereocenters. The molecule has 0 aromatic rings. The number of hydrogen-bond donors (Lipinski definition) is 0. The maximum absolute atomic E-state index is 11.0. The first-order valence-electron chi connectivity index (χ1n) is 3.28. The Morgan fingerprint density at radius 2 is 2.25 bits per heavy atom. The second kappa shape index (κ2) is 3.10. The number of allylic oxidation sites excluding steroid dienone is 2. The van der Waals surface area contributed by atoms with Crippen molar-refractivity contribution in [1.82, 2.24) is 0 Å². The van der Waals surface area contributed by atoms with Crippen molar-refractivity contribution in [2.75, 3.05) is 6.61 Å². The molecule has 66 valence electrons. The van der Waals surface area contributed by atoms with Gasteiger partial charge in [-0.05, 0) is 12.2 Å². The lowest BCUT2D eigenvalue weighted by Gasteiger charge is -2.01. The number of hydrogen-bond acceptors (Lipinski definition) is 4. The molecular weight excluding hydrogens is 180 g/mol. The number of ether oxygens (including phenoxy) is 1. The van der Waals surface area contributed by atoms with Crippen LogP contribution in [0.3, 0.4) is 0 Å². The molecule has 0 saturated carbocycles. The van der Waals surface area contributed by atoms with Crippen LogP contribution in [0.25, 0.3) is 0 Å². The van der Waals surface area contributed by atoms with Crippen molar-refractivity contribution in [3.63, 3.8) is 0 Å². The quantitative estimate of drug-likeness (QED) is 0.587. The lowest BCUT2D eigenvalue weighted by Crippen LogP contribution is -2.07. The zero-order valence-corrected chi connectivity index (χ0v) is 7.30. The van der Waals surface area contributed by atoms with Gasteiger partial charge in [-0.25, -0.2) is 8.42 Å². The fourth-order valence-electron chi connectivity index (χ4n) is 0.735. The van der Waals surface area contributed by atoms with E-state index in [1.54, 1.807) is 0 Å². The maximum atomic E-state index is 11.0. The minimum atomic E-state index is -3.28. The first-order valence-corrected chi connectivity index (χ1v) is 4.83. The smallest absolute Gasteiger partial charge is 0.302 e. The highest BCUT2D eigenvalue weighted by molar-refractivity contribution is 7.98. The van der Waals surface area contributed by atoms with E-state index in [-0.39, 0.29) is 11.5 Å². The summed E-state index contributed by atoms with van der Waals surface area (Å²) in [5.74, 6) is -0.488. The monoisotopic (exact) mass is 188 g/mol. The first kappa shape index (κ1) is 8.99. The highest BCUT2D eigenvalue weighted by Crippen LogP contribution is 2.15. The summed E-state index contributed by atoms with van der Waals surface area (Å²) in [6, 6.07) is 0. The molecule has 12 heavy (non-hydrogen) atoms. The molecule has 0 spiro atoms. The summed E-state index contributed by atoms with van der Waals surface area (Å²) in [5.41, 5.74) is 0. The molecule has 1 aliphatic heterocycles. The Bertz CT molecular complexity index is 348. The van der Waals surface area contributed by atoms with Crippen LogP contribution in [0.5, 0.6) is 0 Å². The summed E-state index contributed by atoms with van der Waals surface area (Å²) < 4.78 is 26.6. The van der Waals surface area contributed by atoms with Gasteiger partial charge < -0.3 is 4.74 Å². The Kier molecular flexibility index (Phi) is 2.32. The zero-order valence-electron chi connectivity index (χ0n) is 6.48. The first-order chi connectivity index (χ1) is 5.52. The van der Waals surface area contributed by atoms with Crippen LogP contribution >= 0.6 is 0 Å². The molecule has 0 unspecified atom stereocenters. The number of sulfone groups is 1. The van der Waals surface area contributed by atoms with Gasteiger partial charge in [0.1, 0.15) is 6.61 Å². The Balaban J connectivity index is 2.63. The van der Waals surface area contributed by atoms with Crippen molar-refractivity contribution in [2.24, 2.45) is 0 Å². The van der Waals surface area contributed by atoms with E-state index >= 15 is 0 Å². The lowest BCUT2D eigenvalue weighted by atomic mass is 10.5. The van der Waals surface area contributed by atoms with E-state index < -0.39 is 15.8 Å². The summed E-state index contributed by atoms with van der Waals surface area (Å²) in [4.78, 5) is 10.5. The summed E-state index contributed by atoms with van der Waals surface area (Å²) in [7, 11) is -3.28. The minimum Gasteiger partial charge on any atom is -0.460 e. The molecule has 0 aromatic heterocycles. The molecule has 0 bridgehead atoms. The Labute approximate surface area is 70.4 Å². The number of esters is 1. The van der Waals surface area contributed by atoms with Crippen LogP contribution < -0.4 is 0 Å². The molecule has 0 aliphatic carbocycles. The number of rotatable bonds is 2. The van der Waals surface area contributed by atoms with E-state index in [2.05, 4.69) is 4.74 Å². The van der Waals surface area contributed by atoms with Crippen LogP contribution in [0.2, 0.25) is 0 Å². The van der Waals surface area contributed by atoms with Crippen LogP contribution in [0.15, 0.2) is 22.5 Å². The molecule has 0 aromatic carbocycles. The second-order valence-electron chi connectivity index (χ2n) is 2.29. The van der Waals surface area contributed by atoms with Crippen molar-refractivity contribution in [3.8, 4) is 0 Å². The zero-order chi connectivity index (χ0) is 9.19. The summed E-state index contributed by atoms with van der Waals surface area (Å²) in [6.45, 7) is 1.06. The molecule has 0 amide bonds. The number of carbonyl (C=O) groups excluding carboxylic acids is 1. The van der Waals surface area contributed by atoms with E-state index in [4.69, 9.17) is 0 Å². The standard InChI is InChI=1S/C7H8O4S/c1-6(8)11-5-7-3-2-4-12(7,9)10/h2-4H,5H2,1H3. The van der Waals surface area contributed by atoms with Crippen LogP contribution in [-0.2, 0) is 19.4 Å². The average Bonchev–Trinajstić information content (AvgIpc) is 2.25. The van der Waals surface area contributed by atoms with Crippen LogP contribution in [0.4, 0.5) is 0 Å². The van der Waals surface area contributed by atoms with Crippen molar-refractivity contribution in [2.45, 2.75) is 6.92 Å².